The van der Waals surface area contributed by atoms with E-state index in [0.717, 1.165) is 18.5 Å². The van der Waals surface area contributed by atoms with Gasteiger partial charge in [-0.15, -0.1) is 0 Å². The van der Waals surface area contributed by atoms with E-state index in [1.54, 1.807) is 0 Å². The van der Waals surface area contributed by atoms with Gasteiger partial charge >= 0.3 is 0 Å². The quantitative estimate of drug-likeness (QED) is 0.883. The fraction of sp³-hybridized carbons (Fsp3) is 0.667. The molecule has 1 aromatic heterocycles. The third-order valence-corrected chi connectivity index (χ3v) is 4.46. The van der Waals surface area contributed by atoms with Gasteiger partial charge in [0.05, 0.1) is 0 Å². The molecule has 0 aromatic carbocycles. The Morgan fingerprint density at radius 2 is 1.94 bits per heavy atom. The van der Waals surface area contributed by atoms with Gasteiger partial charge in [-0.1, -0.05) is 0 Å². The van der Waals surface area contributed by atoms with Gasteiger partial charge in [-0.2, -0.15) is 0 Å². The van der Waals surface area contributed by atoms with Gasteiger partial charge in [-0.05, 0) is 68.9 Å². The van der Waals surface area contributed by atoms with Crippen molar-refractivity contribution in [3.63, 3.8) is 0 Å². The molecule has 3 heteroatoms. The first-order valence-electron chi connectivity index (χ1n) is 7.26. The van der Waals surface area contributed by atoms with Crippen LogP contribution in [0.5, 0.6) is 0 Å². The number of hydrogen-bond donors (Lipinski definition) is 1. The molecule has 2 saturated heterocycles. The van der Waals surface area contributed by atoms with Crippen molar-refractivity contribution in [1.82, 2.24) is 15.2 Å². The minimum absolute atomic E-state index is 0.813. The monoisotopic (exact) mass is 245 g/mol. The molecule has 1 unspecified atom stereocenters. The van der Waals surface area contributed by atoms with Crippen molar-refractivity contribution in [1.29, 1.82) is 0 Å². The summed E-state index contributed by atoms with van der Waals surface area (Å²) in [6.07, 6.45) is 9.29. The normalized spacial score (nSPS) is 26.6. The summed E-state index contributed by atoms with van der Waals surface area (Å²) in [5.74, 6) is 0.918. The predicted molar refractivity (Wildman–Crippen MR) is 73.3 cm³/mol. The van der Waals surface area contributed by atoms with Crippen molar-refractivity contribution in [2.45, 2.75) is 38.3 Å². The zero-order valence-corrected chi connectivity index (χ0v) is 11.0. The second kappa shape index (κ2) is 5.81. The lowest BCUT2D eigenvalue weighted by Gasteiger charge is -2.34. The van der Waals surface area contributed by atoms with Crippen molar-refractivity contribution in [3.8, 4) is 0 Å². The molecule has 0 saturated carbocycles. The summed E-state index contributed by atoms with van der Waals surface area (Å²) >= 11 is 0. The molecule has 1 aromatic rings. The van der Waals surface area contributed by atoms with Crippen molar-refractivity contribution in [2.75, 3.05) is 19.6 Å². The molecular formula is C15H23N3. The van der Waals surface area contributed by atoms with Gasteiger partial charge in [0.2, 0.25) is 0 Å². The average Bonchev–Trinajstić information content (AvgIpc) is 2.95. The molecule has 18 heavy (non-hydrogen) atoms. The fourth-order valence-corrected chi connectivity index (χ4v) is 3.37. The van der Waals surface area contributed by atoms with E-state index in [0.29, 0.717) is 0 Å². The molecule has 0 amide bonds. The number of piperidine rings is 1. The molecule has 0 bridgehead atoms. The summed E-state index contributed by atoms with van der Waals surface area (Å²) in [7, 11) is 0. The van der Waals surface area contributed by atoms with Crippen molar-refractivity contribution >= 4 is 0 Å². The molecule has 3 rings (SSSR count). The van der Waals surface area contributed by atoms with E-state index in [1.165, 1.54) is 50.9 Å². The van der Waals surface area contributed by atoms with E-state index in [1.807, 2.05) is 12.4 Å². The highest BCUT2D eigenvalue weighted by Crippen LogP contribution is 2.26. The van der Waals surface area contributed by atoms with Crippen LogP contribution in [0.15, 0.2) is 24.5 Å². The molecule has 1 N–H and O–H groups in total. The van der Waals surface area contributed by atoms with Gasteiger partial charge < -0.3 is 5.32 Å². The predicted octanol–water partition coefficient (Wildman–Crippen LogP) is 2.05. The maximum atomic E-state index is 4.08. The van der Waals surface area contributed by atoms with Gasteiger partial charge in [-0.3, -0.25) is 9.88 Å². The molecule has 1 atom stereocenters. The number of hydrogen-bond acceptors (Lipinski definition) is 3. The summed E-state index contributed by atoms with van der Waals surface area (Å²) in [5, 5.41) is 3.66. The summed E-state index contributed by atoms with van der Waals surface area (Å²) < 4.78 is 0. The van der Waals surface area contributed by atoms with Crippen LogP contribution in [-0.2, 0) is 6.54 Å². The van der Waals surface area contributed by atoms with E-state index in [2.05, 4.69) is 27.3 Å². The summed E-state index contributed by atoms with van der Waals surface area (Å²) in [5.41, 5.74) is 1.39. The molecule has 0 aliphatic carbocycles. The van der Waals surface area contributed by atoms with Gasteiger partial charge in [0, 0.05) is 25.0 Å². The maximum Gasteiger partial charge on any atom is 0.0271 e. The Labute approximate surface area is 110 Å². The van der Waals surface area contributed by atoms with E-state index >= 15 is 0 Å². The zero-order valence-electron chi connectivity index (χ0n) is 11.0. The van der Waals surface area contributed by atoms with Gasteiger partial charge in [0.15, 0.2) is 0 Å². The second-order valence-corrected chi connectivity index (χ2v) is 5.67. The van der Waals surface area contributed by atoms with Crippen molar-refractivity contribution < 1.29 is 0 Å². The van der Waals surface area contributed by atoms with Crippen LogP contribution in [0.3, 0.4) is 0 Å². The molecule has 2 aliphatic rings. The van der Waals surface area contributed by atoms with Crippen LogP contribution in [0.4, 0.5) is 0 Å². The zero-order chi connectivity index (χ0) is 12.2. The topological polar surface area (TPSA) is 28.2 Å². The van der Waals surface area contributed by atoms with Crippen LogP contribution in [0.2, 0.25) is 0 Å². The van der Waals surface area contributed by atoms with Crippen LogP contribution in [0.25, 0.3) is 0 Å². The van der Waals surface area contributed by atoms with Crippen LogP contribution in [0.1, 0.15) is 31.2 Å². The van der Waals surface area contributed by atoms with Gasteiger partial charge in [0.1, 0.15) is 0 Å². The second-order valence-electron chi connectivity index (χ2n) is 5.67. The summed E-state index contributed by atoms with van der Waals surface area (Å²) in [4.78, 5) is 6.66. The van der Waals surface area contributed by atoms with Crippen molar-refractivity contribution in [3.05, 3.63) is 30.1 Å². The van der Waals surface area contributed by atoms with Gasteiger partial charge in [-0.25, -0.2) is 0 Å². The van der Waals surface area contributed by atoms with E-state index in [4.69, 9.17) is 0 Å². The number of likely N-dealkylation sites (tertiary alicyclic amines) is 1. The first kappa shape index (κ1) is 12.1. The third-order valence-electron chi connectivity index (χ3n) is 4.46. The maximum absolute atomic E-state index is 4.08. The first-order chi connectivity index (χ1) is 8.92. The number of rotatable bonds is 3. The van der Waals surface area contributed by atoms with Crippen molar-refractivity contribution in [2.24, 2.45) is 5.92 Å². The smallest absolute Gasteiger partial charge is 0.0271 e. The third kappa shape index (κ3) is 2.90. The SMILES string of the molecule is c1cc(CN2CCC(C3CCCN3)CC2)ccn1. The minimum Gasteiger partial charge on any atom is -0.314 e. The lowest BCUT2D eigenvalue weighted by atomic mass is 9.88. The van der Waals surface area contributed by atoms with Gasteiger partial charge in [0.25, 0.3) is 0 Å². The number of nitrogens with one attached hydrogen (secondary N) is 1. The highest BCUT2D eigenvalue weighted by Gasteiger charge is 2.28. The van der Waals surface area contributed by atoms with E-state index in [-0.39, 0.29) is 0 Å². The molecular weight excluding hydrogens is 222 g/mol. The summed E-state index contributed by atoms with van der Waals surface area (Å²) in [6.45, 7) is 4.84. The van der Waals surface area contributed by atoms with Crippen LogP contribution < -0.4 is 5.32 Å². The molecule has 2 aliphatic heterocycles. The van der Waals surface area contributed by atoms with Crippen LogP contribution >= 0.6 is 0 Å². The fourth-order valence-electron chi connectivity index (χ4n) is 3.37. The lowest BCUT2D eigenvalue weighted by molar-refractivity contribution is 0.157. The summed E-state index contributed by atoms with van der Waals surface area (Å²) in [6, 6.07) is 5.07. The highest BCUT2D eigenvalue weighted by molar-refractivity contribution is 5.09. The Morgan fingerprint density at radius 3 is 2.61 bits per heavy atom. The largest absolute Gasteiger partial charge is 0.314 e. The molecule has 3 nitrogen and oxygen atoms in total. The first-order valence-corrected chi connectivity index (χ1v) is 7.26. The Balaban J connectivity index is 1.48. The molecule has 3 heterocycles. The molecule has 98 valence electrons. The number of aromatic nitrogens is 1. The van der Waals surface area contributed by atoms with Crippen LogP contribution in [0, 0.1) is 5.92 Å². The number of nitrogens with zero attached hydrogens (tertiary/aromatic N) is 2. The molecule has 2 fully saturated rings. The van der Waals surface area contributed by atoms with E-state index < -0.39 is 0 Å². The molecule has 0 radical (unpaired) electrons. The van der Waals surface area contributed by atoms with Crippen LogP contribution in [-0.4, -0.2) is 35.6 Å². The molecule has 0 spiro atoms. The number of pyridine rings is 1. The standard InChI is InChI=1S/C15H23N3/c1-2-15(17-7-1)14-5-10-18(11-6-14)12-13-3-8-16-9-4-13/h3-4,8-9,14-15,17H,1-2,5-7,10-12H2. The Bertz CT molecular complexity index is 351. The highest BCUT2D eigenvalue weighted by atomic mass is 15.1. The minimum atomic E-state index is 0.813. The Kier molecular flexibility index (Phi) is 3.91. The van der Waals surface area contributed by atoms with E-state index in [9.17, 15) is 0 Å². The Hall–Kier alpha value is -0.930. The Morgan fingerprint density at radius 1 is 1.17 bits per heavy atom. The lowest BCUT2D eigenvalue weighted by Crippen LogP contribution is -2.40. The average molecular weight is 245 g/mol.